The molecule has 0 amide bonds. The zero-order chi connectivity index (χ0) is 16.1. The van der Waals surface area contributed by atoms with Crippen LogP contribution in [0, 0.1) is 6.08 Å². The minimum atomic E-state index is 0. The van der Waals surface area contributed by atoms with Gasteiger partial charge in [-0.15, -0.1) is 0 Å². The van der Waals surface area contributed by atoms with E-state index in [-0.39, 0.29) is 12.8 Å². The number of aliphatic hydroxyl groups is 1. The summed E-state index contributed by atoms with van der Waals surface area (Å²) in [6.07, 6.45) is 28.5. The minimum absolute atomic E-state index is 0. The van der Waals surface area contributed by atoms with Crippen LogP contribution in [0.15, 0.2) is 6.08 Å². The van der Waals surface area contributed by atoms with Gasteiger partial charge < -0.3 is 11.3 Å². The molecule has 23 heavy (non-hydrogen) atoms. The molecule has 0 heterocycles. The lowest BCUT2D eigenvalue weighted by atomic mass is 10.0. The van der Waals surface area contributed by atoms with Gasteiger partial charge in [0, 0.05) is 0 Å². The molecule has 139 valence electrons. The summed E-state index contributed by atoms with van der Waals surface area (Å²) in [5, 5.41) is 8.58. The summed E-state index contributed by atoms with van der Waals surface area (Å²) in [4.78, 5) is 0. The second-order valence-electron chi connectivity index (χ2n) is 6.64. The van der Waals surface area contributed by atoms with Gasteiger partial charge in [-0.2, -0.15) is 0 Å². The van der Waals surface area contributed by atoms with Crippen LogP contribution in [-0.4, -0.2) is 11.7 Å². The van der Waals surface area contributed by atoms with Gasteiger partial charge >= 0.3 is 0 Å². The van der Waals surface area contributed by atoms with Crippen molar-refractivity contribution in [3.63, 3.8) is 0 Å². The van der Waals surface area contributed by atoms with E-state index in [0.29, 0.717) is 0 Å². The zero-order valence-corrected chi connectivity index (χ0v) is 16.0. The highest BCUT2D eigenvalue weighted by molar-refractivity contribution is 4.71. The van der Waals surface area contributed by atoms with Crippen molar-refractivity contribution in [2.45, 2.75) is 116 Å². The molecule has 0 atom stereocenters. The molecule has 0 aliphatic heterocycles. The van der Waals surface area contributed by atoms with Crippen LogP contribution >= 0.6 is 0 Å². The summed E-state index contributed by atoms with van der Waals surface area (Å²) < 4.78 is 0. The Balaban J connectivity index is 0. The van der Waals surface area contributed by atoms with Gasteiger partial charge in [-0.3, -0.25) is 0 Å². The number of hydrogen-bond acceptors (Lipinski definition) is 2. The molecule has 2 nitrogen and oxygen atoms in total. The molecule has 0 unspecified atom stereocenters. The second-order valence-corrected chi connectivity index (χ2v) is 6.64. The van der Waals surface area contributed by atoms with Crippen molar-refractivity contribution in [2.24, 2.45) is 0 Å². The Morgan fingerprint density at radius 1 is 0.609 bits per heavy atom. The molecule has 0 aliphatic rings. The predicted octanol–water partition coefficient (Wildman–Crippen LogP) is 7.15. The lowest BCUT2D eigenvalue weighted by Gasteiger charge is -2.03. The first-order valence-electron chi connectivity index (χ1n) is 10.1. The van der Waals surface area contributed by atoms with E-state index in [4.69, 9.17) is 5.11 Å². The highest BCUT2D eigenvalue weighted by Gasteiger charge is 1.94. The Bertz CT molecular complexity index is 216. The van der Waals surface area contributed by atoms with Crippen LogP contribution in [0.25, 0.3) is 0 Å². The maximum Gasteiger partial charge on any atom is 0.0618 e. The standard InChI is InChI=1S/C21H41O.H3N/c1-2-3-4-5-6-7-8-9-10-11-12-13-14-15-16-17-18-19-20-21-22;/h20,22H,2-18,21H2,1H3;1H3. The lowest BCUT2D eigenvalue weighted by molar-refractivity contribution is 0.342. The van der Waals surface area contributed by atoms with Gasteiger partial charge in [-0.25, -0.2) is 0 Å². The molecular weight excluding hydrogens is 282 g/mol. The largest absolute Gasteiger partial charge is 0.392 e. The second kappa shape index (κ2) is 23.9. The van der Waals surface area contributed by atoms with Crippen LogP contribution in [0.3, 0.4) is 0 Å². The van der Waals surface area contributed by atoms with Crippen molar-refractivity contribution in [1.82, 2.24) is 6.15 Å². The summed E-state index contributed by atoms with van der Waals surface area (Å²) in [5.74, 6) is 0. The summed E-state index contributed by atoms with van der Waals surface area (Å²) >= 11 is 0. The van der Waals surface area contributed by atoms with Crippen molar-refractivity contribution in [2.75, 3.05) is 6.61 Å². The smallest absolute Gasteiger partial charge is 0.0618 e. The van der Waals surface area contributed by atoms with Crippen molar-refractivity contribution in [1.29, 1.82) is 0 Å². The first kappa shape index (κ1) is 24.9. The van der Waals surface area contributed by atoms with Gasteiger partial charge in [0.15, 0.2) is 0 Å². The maximum absolute atomic E-state index is 8.58. The third-order valence-electron chi connectivity index (χ3n) is 4.41. The third kappa shape index (κ3) is 24.0. The van der Waals surface area contributed by atoms with Gasteiger partial charge in [-0.1, -0.05) is 109 Å². The fourth-order valence-corrected chi connectivity index (χ4v) is 2.94. The van der Waals surface area contributed by atoms with Crippen LogP contribution in [-0.2, 0) is 0 Å². The SMILES string of the molecule is CCCCCCCCCCCCCCCCCC[C]=CCO.N. The van der Waals surface area contributed by atoms with E-state index in [1.54, 1.807) is 6.08 Å². The number of rotatable bonds is 18. The monoisotopic (exact) mass is 326 g/mol. The Morgan fingerprint density at radius 3 is 1.30 bits per heavy atom. The Labute approximate surface area is 146 Å². The Morgan fingerprint density at radius 2 is 0.957 bits per heavy atom. The van der Waals surface area contributed by atoms with Crippen molar-refractivity contribution >= 4 is 0 Å². The van der Waals surface area contributed by atoms with Crippen LogP contribution < -0.4 is 6.15 Å². The highest BCUT2D eigenvalue weighted by Crippen LogP contribution is 2.13. The summed E-state index contributed by atoms with van der Waals surface area (Å²) in [6.45, 7) is 2.42. The maximum atomic E-state index is 8.58. The highest BCUT2D eigenvalue weighted by atomic mass is 16.2. The number of unbranched alkanes of at least 4 members (excludes halogenated alkanes) is 16. The van der Waals surface area contributed by atoms with Crippen molar-refractivity contribution in [3.05, 3.63) is 12.2 Å². The molecule has 2 heteroatoms. The van der Waals surface area contributed by atoms with E-state index in [1.807, 2.05) is 0 Å². The topological polar surface area (TPSA) is 55.2 Å². The molecule has 0 spiro atoms. The van der Waals surface area contributed by atoms with E-state index in [0.717, 1.165) is 6.42 Å². The van der Waals surface area contributed by atoms with Gasteiger partial charge in [0.05, 0.1) is 6.61 Å². The van der Waals surface area contributed by atoms with Gasteiger partial charge in [0.1, 0.15) is 0 Å². The first-order chi connectivity index (χ1) is 10.9. The van der Waals surface area contributed by atoms with Crippen LogP contribution in [0.4, 0.5) is 0 Å². The molecule has 0 bridgehead atoms. The molecule has 0 saturated heterocycles. The van der Waals surface area contributed by atoms with E-state index in [2.05, 4.69) is 13.0 Å². The van der Waals surface area contributed by atoms with Gasteiger partial charge in [-0.05, 0) is 18.9 Å². The van der Waals surface area contributed by atoms with Crippen molar-refractivity contribution in [3.8, 4) is 0 Å². The fourth-order valence-electron chi connectivity index (χ4n) is 2.94. The third-order valence-corrected chi connectivity index (χ3v) is 4.41. The molecule has 0 aromatic carbocycles. The molecular formula is C21H44NO. The zero-order valence-electron chi connectivity index (χ0n) is 16.0. The average molecular weight is 327 g/mol. The molecule has 0 fully saturated rings. The van der Waals surface area contributed by atoms with Crippen LogP contribution in [0.5, 0.6) is 0 Å². The predicted molar refractivity (Wildman–Crippen MR) is 104 cm³/mol. The normalized spacial score (nSPS) is 11.0. The quantitative estimate of drug-likeness (QED) is 0.263. The Kier molecular flexibility index (Phi) is 25.9. The molecule has 4 N–H and O–H groups in total. The summed E-state index contributed by atoms with van der Waals surface area (Å²) in [7, 11) is 0. The number of allylic oxidation sites excluding steroid dienone is 1. The fraction of sp³-hybridized carbons (Fsp3) is 0.905. The number of aliphatic hydroxyl groups excluding tert-OH is 1. The van der Waals surface area contributed by atoms with Crippen molar-refractivity contribution < 1.29 is 5.11 Å². The minimum Gasteiger partial charge on any atom is -0.392 e. The molecule has 0 aromatic heterocycles. The Hall–Kier alpha value is -0.340. The molecule has 0 aliphatic carbocycles. The van der Waals surface area contributed by atoms with E-state index in [9.17, 15) is 0 Å². The summed E-state index contributed by atoms with van der Waals surface area (Å²) in [5.41, 5.74) is 0. The molecule has 0 aromatic rings. The average Bonchev–Trinajstić information content (AvgIpc) is 2.54. The van der Waals surface area contributed by atoms with Gasteiger partial charge in [0.2, 0.25) is 0 Å². The molecule has 1 radical (unpaired) electrons. The van der Waals surface area contributed by atoms with E-state index in [1.165, 1.54) is 103 Å². The number of hydrogen-bond donors (Lipinski definition) is 2. The van der Waals surface area contributed by atoms with E-state index < -0.39 is 0 Å². The van der Waals surface area contributed by atoms with Crippen LogP contribution in [0.2, 0.25) is 0 Å². The summed E-state index contributed by atoms with van der Waals surface area (Å²) in [6, 6.07) is 0. The lowest BCUT2D eigenvalue weighted by Crippen LogP contribution is -1.83. The molecule has 0 rings (SSSR count). The van der Waals surface area contributed by atoms with E-state index >= 15 is 0 Å². The molecule has 0 saturated carbocycles. The van der Waals surface area contributed by atoms with Crippen LogP contribution in [0.1, 0.15) is 116 Å². The first-order valence-corrected chi connectivity index (χ1v) is 10.1. The van der Waals surface area contributed by atoms with Gasteiger partial charge in [0.25, 0.3) is 0 Å².